The van der Waals surface area contributed by atoms with E-state index in [0.29, 0.717) is 10.9 Å². The van der Waals surface area contributed by atoms with Gasteiger partial charge in [-0.2, -0.15) is 0 Å². The van der Waals surface area contributed by atoms with Crippen molar-refractivity contribution in [2.45, 2.75) is 13.3 Å². The fourth-order valence-corrected chi connectivity index (χ4v) is 2.88. The van der Waals surface area contributed by atoms with Crippen LogP contribution in [0.2, 0.25) is 0 Å². The summed E-state index contributed by atoms with van der Waals surface area (Å²) in [6.45, 7) is 2.13. The van der Waals surface area contributed by atoms with Crippen LogP contribution in [-0.4, -0.2) is 16.5 Å². The minimum atomic E-state index is -3.71. The number of rotatable bonds is 4. The summed E-state index contributed by atoms with van der Waals surface area (Å²) < 4.78 is 17.1. The van der Waals surface area contributed by atoms with Crippen LogP contribution in [0.3, 0.4) is 0 Å². The zero-order chi connectivity index (χ0) is 10.6. The smallest absolute Gasteiger partial charge is 0.321 e. The molecule has 0 aliphatic heterocycles. The van der Waals surface area contributed by atoms with Crippen LogP contribution in [-0.2, 0) is 9.09 Å². The molecule has 1 heterocycles. The molecule has 1 N–H and O–H groups in total. The number of nitrogens with zero attached hydrogens (tertiary/aromatic N) is 1. The van der Waals surface area contributed by atoms with E-state index in [1.54, 1.807) is 6.07 Å². The van der Waals surface area contributed by atoms with Gasteiger partial charge in [-0.15, -0.1) is 0 Å². The highest BCUT2D eigenvalue weighted by Crippen LogP contribution is 2.42. The second-order valence-electron chi connectivity index (χ2n) is 2.68. The van der Waals surface area contributed by atoms with Crippen LogP contribution in [0.1, 0.15) is 13.3 Å². The molecule has 78 valence electrons. The van der Waals surface area contributed by atoms with E-state index in [1.807, 2.05) is 6.92 Å². The summed E-state index contributed by atoms with van der Waals surface area (Å²) in [7, 11) is -3.71. The van der Waals surface area contributed by atoms with Gasteiger partial charge in [0.2, 0.25) is 0 Å². The highest BCUT2D eigenvalue weighted by Gasteiger charge is 2.25. The van der Waals surface area contributed by atoms with Crippen molar-refractivity contribution in [1.29, 1.82) is 0 Å². The lowest BCUT2D eigenvalue weighted by Gasteiger charge is -2.12. The van der Waals surface area contributed by atoms with Crippen molar-refractivity contribution >= 4 is 28.8 Å². The average molecular weight is 280 g/mol. The summed E-state index contributed by atoms with van der Waals surface area (Å²) in [4.78, 5) is 13.3. The largest absolute Gasteiger partial charge is 0.361 e. The summed E-state index contributed by atoms with van der Waals surface area (Å²) in [6, 6.07) is 1.60. The van der Waals surface area contributed by atoms with E-state index in [-0.39, 0.29) is 11.9 Å². The van der Waals surface area contributed by atoms with E-state index in [9.17, 15) is 9.46 Å². The fraction of sp³-hybridized carbons (Fsp3) is 0.375. The molecule has 1 rings (SSSR count). The third kappa shape index (κ3) is 2.89. The third-order valence-electron chi connectivity index (χ3n) is 1.52. The summed E-state index contributed by atoms with van der Waals surface area (Å²) in [6.07, 6.45) is 3.57. The first-order valence-electron chi connectivity index (χ1n) is 4.15. The van der Waals surface area contributed by atoms with Crippen LogP contribution in [0.4, 0.5) is 0 Å². The monoisotopic (exact) mass is 279 g/mol. The van der Waals surface area contributed by atoms with Gasteiger partial charge in [0.15, 0.2) is 0 Å². The molecule has 0 saturated carbocycles. The van der Waals surface area contributed by atoms with Crippen molar-refractivity contribution < 1.29 is 14.0 Å². The summed E-state index contributed by atoms with van der Waals surface area (Å²) in [5.41, 5.74) is 0. The van der Waals surface area contributed by atoms with E-state index >= 15 is 0 Å². The van der Waals surface area contributed by atoms with Crippen LogP contribution in [0.5, 0.6) is 0 Å². The van der Waals surface area contributed by atoms with Gasteiger partial charge in [-0.1, -0.05) is 6.92 Å². The average Bonchev–Trinajstić information content (AvgIpc) is 2.15. The summed E-state index contributed by atoms with van der Waals surface area (Å²) in [5, 5.41) is 0.202. The lowest BCUT2D eigenvalue weighted by atomic mass is 10.5. The Morgan fingerprint density at radius 2 is 2.43 bits per heavy atom. The predicted molar refractivity (Wildman–Crippen MR) is 57.6 cm³/mol. The first-order chi connectivity index (χ1) is 6.58. The molecule has 0 radical (unpaired) electrons. The molecule has 0 bridgehead atoms. The molecule has 1 unspecified atom stereocenters. The molecule has 6 heteroatoms. The number of halogens is 1. The molecule has 14 heavy (non-hydrogen) atoms. The number of aromatic nitrogens is 1. The maximum Gasteiger partial charge on any atom is 0.361 e. The maximum atomic E-state index is 11.7. The van der Waals surface area contributed by atoms with E-state index in [2.05, 4.69) is 20.9 Å². The molecule has 0 amide bonds. The predicted octanol–water partition coefficient (Wildman–Crippen LogP) is 2.08. The van der Waals surface area contributed by atoms with Gasteiger partial charge in [0.05, 0.1) is 11.9 Å². The zero-order valence-electron chi connectivity index (χ0n) is 7.68. The van der Waals surface area contributed by atoms with Crippen molar-refractivity contribution in [2.75, 3.05) is 6.61 Å². The normalized spacial score (nSPS) is 15.1. The lowest BCUT2D eigenvalue weighted by molar-refractivity contribution is 0.269. The van der Waals surface area contributed by atoms with Crippen LogP contribution in [0, 0.1) is 0 Å². The molecule has 1 aromatic rings. The van der Waals surface area contributed by atoms with Gasteiger partial charge in [-0.3, -0.25) is 9.55 Å². The molecule has 4 nitrogen and oxygen atoms in total. The Morgan fingerprint density at radius 3 is 3.00 bits per heavy atom. The Bertz CT molecular complexity index is 358. The third-order valence-corrected chi connectivity index (χ3v) is 4.02. The quantitative estimate of drug-likeness (QED) is 0.858. The highest BCUT2D eigenvalue weighted by atomic mass is 79.9. The first kappa shape index (κ1) is 11.9. The number of pyridine rings is 1. The Balaban J connectivity index is 2.92. The summed E-state index contributed by atoms with van der Waals surface area (Å²) in [5.74, 6) is 0. The van der Waals surface area contributed by atoms with E-state index < -0.39 is 7.60 Å². The molecule has 0 aromatic carbocycles. The topological polar surface area (TPSA) is 59.4 Å². The van der Waals surface area contributed by atoms with E-state index in [0.717, 1.165) is 0 Å². The fourth-order valence-electron chi connectivity index (χ4n) is 0.862. The van der Waals surface area contributed by atoms with Crippen molar-refractivity contribution in [2.24, 2.45) is 0 Å². The molecule has 0 aliphatic carbocycles. The van der Waals surface area contributed by atoms with Crippen LogP contribution in [0.25, 0.3) is 0 Å². The minimum Gasteiger partial charge on any atom is -0.321 e. The Morgan fingerprint density at radius 1 is 1.71 bits per heavy atom. The van der Waals surface area contributed by atoms with Crippen LogP contribution >= 0.6 is 23.5 Å². The van der Waals surface area contributed by atoms with Crippen LogP contribution in [0.15, 0.2) is 22.9 Å². The standard InChI is InChI=1S/C8H11BrNO3P/c1-2-5-13-14(11,12)8-6-10-4-3-7(8)9/h3-4,6H,2,5H2,1H3,(H,11,12). The van der Waals surface area contributed by atoms with Crippen molar-refractivity contribution in [3.63, 3.8) is 0 Å². The Kier molecular flexibility index (Phi) is 4.26. The lowest BCUT2D eigenvalue weighted by Crippen LogP contribution is -2.10. The Labute approximate surface area is 91.0 Å². The molecule has 0 saturated heterocycles. The van der Waals surface area contributed by atoms with Gasteiger partial charge in [0, 0.05) is 16.9 Å². The van der Waals surface area contributed by atoms with Crippen molar-refractivity contribution in [1.82, 2.24) is 4.98 Å². The summed E-state index contributed by atoms with van der Waals surface area (Å²) >= 11 is 3.17. The molecule has 1 atom stereocenters. The van der Waals surface area contributed by atoms with Gasteiger partial charge in [-0.05, 0) is 28.4 Å². The molecule has 0 aliphatic rings. The number of hydrogen-bond donors (Lipinski definition) is 1. The number of hydrogen-bond acceptors (Lipinski definition) is 3. The molecular weight excluding hydrogens is 269 g/mol. The van der Waals surface area contributed by atoms with Crippen LogP contribution < -0.4 is 5.30 Å². The van der Waals surface area contributed by atoms with E-state index in [4.69, 9.17) is 4.52 Å². The van der Waals surface area contributed by atoms with Crippen molar-refractivity contribution in [3.05, 3.63) is 22.9 Å². The second-order valence-corrected chi connectivity index (χ2v) is 5.32. The maximum absolute atomic E-state index is 11.7. The van der Waals surface area contributed by atoms with E-state index in [1.165, 1.54) is 12.4 Å². The van der Waals surface area contributed by atoms with Gasteiger partial charge in [-0.25, -0.2) is 0 Å². The molecule has 0 fully saturated rings. The first-order valence-corrected chi connectivity index (χ1v) is 6.52. The van der Waals surface area contributed by atoms with Gasteiger partial charge < -0.3 is 9.42 Å². The minimum absolute atomic E-state index is 0.202. The SMILES string of the molecule is CCCOP(=O)(O)c1cnccc1Br. The molecular formula is C8H11BrNO3P. The Hall–Kier alpha value is -0.220. The van der Waals surface area contributed by atoms with Gasteiger partial charge >= 0.3 is 7.60 Å². The molecule has 0 spiro atoms. The second kappa shape index (κ2) is 5.03. The van der Waals surface area contributed by atoms with Gasteiger partial charge in [0.1, 0.15) is 0 Å². The highest BCUT2D eigenvalue weighted by molar-refractivity contribution is 9.10. The molecule has 1 aromatic heterocycles. The zero-order valence-corrected chi connectivity index (χ0v) is 10.2. The van der Waals surface area contributed by atoms with Gasteiger partial charge in [0.25, 0.3) is 0 Å². The van der Waals surface area contributed by atoms with Crippen molar-refractivity contribution in [3.8, 4) is 0 Å².